The molecule has 0 saturated carbocycles. The number of rotatable bonds is 0. The molecule has 4 rings (SSSR count). The molecule has 0 fully saturated rings. The molecule has 0 aliphatic rings. The summed E-state index contributed by atoms with van der Waals surface area (Å²) in [6, 6.07) is 48.0. The first-order chi connectivity index (χ1) is 13.0. The van der Waals surface area contributed by atoms with E-state index in [0.29, 0.717) is 0 Å². The Balaban J connectivity index is -0.0000000201. The molecule has 0 amide bonds. The summed E-state index contributed by atoms with van der Waals surface area (Å²) in [5.41, 5.74) is 0. The van der Waals surface area contributed by atoms with E-state index in [1.54, 1.807) is 0 Å². The van der Waals surface area contributed by atoms with Gasteiger partial charge in [-0.25, -0.2) is 0 Å². The van der Waals surface area contributed by atoms with E-state index >= 15 is 0 Å². The summed E-state index contributed by atoms with van der Waals surface area (Å²) in [7, 11) is 0. The molecule has 3 radical (unpaired) electrons. The molecule has 0 aliphatic heterocycles. The fourth-order valence-electron chi connectivity index (χ4n) is 1.54. The van der Waals surface area contributed by atoms with Gasteiger partial charge in [0.25, 0.3) is 0 Å². The summed E-state index contributed by atoms with van der Waals surface area (Å²) in [5.74, 6) is 0. The molecule has 8 heteroatoms. The molecular formula is C25H32ClO3Ru4. The van der Waals surface area contributed by atoms with Crippen LogP contribution in [-0.4, -0.2) is 11.0 Å². The Hall–Kier alpha value is -0.676. The van der Waals surface area contributed by atoms with Crippen LogP contribution >= 0.6 is 0 Å². The van der Waals surface area contributed by atoms with Gasteiger partial charge in [0.15, 0.2) is 0 Å². The smallest absolute Gasteiger partial charge is 1.00 e. The van der Waals surface area contributed by atoms with Gasteiger partial charge in [-0.1, -0.05) is 146 Å². The largest absolute Gasteiger partial charge is 2.00 e. The zero-order valence-corrected chi connectivity index (χ0v) is 25.3. The van der Waals surface area contributed by atoms with Crippen LogP contribution in [0.3, 0.4) is 0 Å². The molecule has 0 saturated heterocycles. The van der Waals surface area contributed by atoms with Crippen LogP contribution in [0.25, 0.3) is 0 Å². The second-order valence-electron chi connectivity index (χ2n) is 4.62. The van der Waals surface area contributed by atoms with Gasteiger partial charge >= 0.3 is 89.2 Å². The average molecular weight is 820 g/mol. The average Bonchev–Trinajstić information content (AvgIpc) is 2.81. The maximum absolute atomic E-state index is 7.50. The quantitative estimate of drug-likeness (QED) is 0.149. The van der Waals surface area contributed by atoms with Crippen molar-refractivity contribution in [3.8, 4) is 0 Å². The predicted molar refractivity (Wildman–Crippen MR) is 121 cm³/mol. The van der Waals surface area contributed by atoms with E-state index in [2.05, 4.69) is 6.65 Å². The van der Waals surface area contributed by atoms with Crippen LogP contribution in [0.1, 0.15) is 5.71 Å². The minimum atomic E-state index is 0. The Morgan fingerprint density at radius 3 is 0.364 bits per heavy atom. The van der Waals surface area contributed by atoms with Crippen LogP contribution in [-0.2, 0) is 82.6 Å². The van der Waals surface area contributed by atoms with Gasteiger partial charge in [0.2, 0.25) is 0 Å². The van der Waals surface area contributed by atoms with Crippen LogP contribution in [0.4, 0.5) is 0 Å². The molecule has 0 aliphatic carbocycles. The van der Waals surface area contributed by atoms with Crippen molar-refractivity contribution < 1.29 is 112 Å². The minimum absolute atomic E-state index is 0. The van der Waals surface area contributed by atoms with Crippen LogP contribution in [0.5, 0.6) is 0 Å². The van der Waals surface area contributed by atoms with E-state index in [4.69, 9.17) is 4.65 Å². The third-order valence-electron chi connectivity index (χ3n) is 2.67. The van der Waals surface area contributed by atoms with E-state index in [9.17, 15) is 0 Å². The summed E-state index contributed by atoms with van der Waals surface area (Å²) >= 11 is 0. The molecular weight excluding hydrogens is 788 g/mol. The van der Waals surface area contributed by atoms with Gasteiger partial charge in [-0.05, 0) is 0 Å². The predicted octanol–water partition coefficient (Wildman–Crippen LogP) is 2.50. The van der Waals surface area contributed by atoms with Crippen molar-refractivity contribution in [2.45, 2.75) is 0 Å². The van der Waals surface area contributed by atoms with E-state index in [-0.39, 0.29) is 107 Å². The van der Waals surface area contributed by atoms with Crippen molar-refractivity contribution in [1.82, 2.24) is 0 Å². The van der Waals surface area contributed by atoms with E-state index in [1.807, 2.05) is 146 Å². The molecule has 0 aromatic heterocycles. The second-order valence-corrected chi connectivity index (χ2v) is 4.62. The fraction of sp³-hybridized carbons (Fsp3) is 0. The van der Waals surface area contributed by atoms with Gasteiger partial charge in [-0.3, -0.25) is 0 Å². The Kier molecular flexibility index (Phi) is 86.0. The SMILES string of the molecule is O.O.[C-]#[O+].[Cl-].[H-].[H-].[H-].[H-].[Ru+2].[Ru+].[Ru+].[Ru+].c1ccccc1.c1ccccc1.c1ccccc1.c1ccccc1. The molecule has 3 nitrogen and oxygen atoms in total. The van der Waals surface area contributed by atoms with Crippen molar-refractivity contribution in [3.63, 3.8) is 0 Å². The molecule has 4 aromatic rings. The van der Waals surface area contributed by atoms with Crippen LogP contribution in [0, 0.1) is 6.65 Å². The maximum Gasteiger partial charge on any atom is 2.00 e. The summed E-state index contributed by atoms with van der Waals surface area (Å²) in [6.07, 6.45) is 0. The first kappa shape index (κ1) is 53.6. The molecule has 4 N–H and O–H groups in total. The molecule has 0 bridgehead atoms. The monoisotopic (exact) mass is 823 g/mol. The first-order valence-corrected chi connectivity index (χ1v) is 8.20. The van der Waals surface area contributed by atoms with Gasteiger partial charge < -0.3 is 29.1 Å². The minimum Gasteiger partial charge on any atom is -1.00 e. The van der Waals surface area contributed by atoms with E-state index in [0.717, 1.165) is 0 Å². The van der Waals surface area contributed by atoms with Crippen LogP contribution in [0.2, 0.25) is 0 Å². The summed E-state index contributed by atoms with van der Waals surface area (Å²) in [5, 5.41) is 0. The molecule has 0 spiro atoms. The number of halogens is 1. The maximum atomic E-state index is 7.50. The number of hydrogen-bond acceptors (Lipinski definition) is 0. The first-order valence-electron chi connectivity index (χ1n) is 8.20. The summed E-state index contributed by atoms with van der Waals surface area (Å²) in [6.45, 7) is 4.50. The van der Waals surface area contributed by atoms with Gasteiger partial charge in [-0.15, -0.1) is 0 Å². The summed E-state index contributed by atoms with van der Waals surface area (Å²) < 4.78 is 7.50. The number of hydrogen-bond donors (Lipinski definition) is 0. The molecule has 0 unspecified atom stereocenters. The molecule has 33 heavy (non-hydrogen) atoms. The van der Waals surface area contributed by atoms with Gasteiger partial charge in [-0.2, -0.15) is 0 Å². The van der Waals surface area contributed by atoms with E-state index in [1.165, 1.54) is 0 Å². The third-order valence-corrected chi connectivity index (χ3v) is 2.67. The van der Waals surface area contributed by atoms with Gasteiger partial charge in [0.1, 0.15) is 0 Å². The number of benzene rings is 4. The van der Waals surface area contributed by atoms with Crippen molar-refractivity contribution in [3.05, 3.63) is 152 Å². The topological polar surface area (TPSA) is 82.9 Å². The van der Waals surface area contributed by atoms with Crippen molar-refractivity contribution in [2.24, 2.45) is 0 Å². The Bertz CT molecular complexity index is 510. The third kappa shape index (κ3) is 49.5. The molecule has 189 valence electrons. The molecule has 4 aromatic carbocycles. The van der Waals surface area contributed by atoms with Crippen molar-refractivity contribution in [2.75, 3.05) is 0 Å². The Morgan fingerprint density at radius 1 is 0.303 bits per heavy atom. The van der Waals surface area contributed by atoms with Crippen LogP contribution < -0.4 is 12.4 Å². The molecule has 0 heterocycles. The van der Waals surface area contributed by atoms with Gasteiger partial charge in [0.05, 0.1) is 0 Å². The van der Waals surface area contributed by atoms with E-state index < -0.39 is 0 Å². The van der Waals surface area contributed by atoms with Crippen LogP contribution in [0.15, 0.2) is 146 Å². The Labute approximate surface area is 261 Å². The second kappa shape index (κ2) is 52.9. The van der Waals surface area contributed by atoms with Crippen molar-refractivity contribution in [1.29, 1.82) is 0 Å². The summed E-state index contributed by atoms with van der Waals surface area (Å²) in [4.78, 5) is 0. The zero-order chi connectivity index (χ0) is 19.0. The Morgan fingerprint density at radius 2 is 0.333 bits per heavy atom. The standard InChI is InChI=1S/4C6H6.CO.ClH.2H2O.4Ru.4H/c4*1-2-4-6-5-3-1;1-2;;;;;;;;;;;/h4*1-6H;;1H;2*1H2;;;;;;;;/q;;;;;;;;3*+1;+2;4*-1/p-1. The zero-order valence-electron chi connectivity index (χ0n) is 21.6. The van der Waals surface area contributed by atoms with Gasteiger partial charge in [0, 0.05) is 0 Å². The fourth-order valence-corrected chi connectivity index (χ4v) is 1.54. The van der Waals surface area contributed by atoms with Crippen molar-refractivity contribution >= 4 is 0 Å². The molecule has 0 atom stereocenters. The normalized spacial score (nSPS) is 5.88.